The molecular weight excluding hydrogens is 605 g/mol. The number of nitrogens with two attached hydrogens (primary N) is 1. The van der Waals surface area contributed by atoms with E-state index >= 15 is 0 Å². The number of rotatable bonds is 8. The van der Waals surface area contributed by atoms with Crippen LogP contribution in [0.3, 0.4) is 0 Å². The van der Waals surface area contributed by atoms with Crippen molar-refractivity contribution in [1.29, 1.82) is 5.41 Å². The number of nitrogens with one attached hydrogen (secondary N) is 1. The Bertz CT molecular complexity index is 1340. The number of aromatic nitrogens is 1. The van der Waals surface area contributed by atoms with Gasteiger partial charge in [-0.25, -0.2) is 19.1 Å². The number of amides is 2. The Kier molecular flexibility index (Phi) is 10.6. The summed E-state index contributed by atoms with van der Waals surface area (Å²) >= 11 is 1.28. The minimum Gasteiger partial charge on any atom is -0.443 e. The minimum atomic E-state index is -5.17. The van der Waals surface area contributed by atoms with Gasteiger partial charge in [0, 0.05) is 16.2 Å². The number of benzene rings is 1. The highest BCUT2D eigenvalue weighted by Gasteiger charge is 2.43. The first-order valence-electron chi connectivity index (χ1n) is 13.0. The predicted octanol–water partition coefficient (Wildman–Crippen LogP) is 6.63. The van der Waals surface area contributed by atoms with Gasteiger partial charge in [0.1, 0.15) is 29.0 Å². The fourth-order valence-corrected chi connectivity index (χ4v) is 5.57. The molecule has 0 spiro atoms. The largest absolute Gasteiger partial charge is 0.443 e. The number of hydrogen-bond donors (Lipinski definition) is 2. The summed E-state index contributed by atoms with van der Waals surface area (Å²) in [7, 11) is 0. The van der Waals surface area contributed by atoms with E-state index in [1.54, 1.807) is 0 Å². The summed E-state index contributed by atoms with van der Waals surface area (Å²) in [5.41, 5.74) is -4.99. The number of halogens is 7. The van der Waals surface area contributed by atoms with Gasteiger partial charge in [0.2, 0.25) is 5.91 Å². The van der Waals surface area contributed by atoms with Crippen molar-refractivity contribution in [2.75, 3.05) is 6.54 Å². The van der Waals surface area contributed by atoms with E-state index in [1.807, 2.05) is 0 Å². The van der Waals surface area contributed by atoms with Gasteiger partial charge in [-0.3, -0.25) is 15.5 Å². The van der Waals surface area contributed by atoms with Crippen LogP contribution < -0.4 is 5.32 Å². The number of pyridine rings is 1. The lowest BCUT2D eigenvalue weighted by Crippen LogP contribution is -2.72. The molecule has 1 fully saturated rings. The van der Waals surface area contributed by atoms with Crippen LogP contribution >= 0.6 is 11.8 Å². The van der Waals surface area contributed by atoms with Crippen molar-refractivity contribution in [3.63, 3.8) is 0 Å². The standard InChI is InChI=1S/C28H29F7N4O3S/c1-26(2,3)42-25(41)39(24(40)20-5-4-6-21(20)43-19-10-7-17(29)8-11-19)15-16(23(36)28(33,34)35)13-37-18-9-12-22(38-14-18)27(30,31)32/h7-14,20-21,36-37H,4-6,15H2,1-3H3/p+1. The molecule has 1 saturated carbocycles. The maximum absolute atomic E-state index is 13.8. The Labute approximate surface area is 247 Å². The van der Waals surface area contributed by atoms with Crippen molar-refractivity contribution in [1.82, 2.24) is 9.88 Å². The summed E-state index contributed by atoms with van der Waals surface area (Å²) in [6.45, 7) is 3.55. The second-order valence-corrected chi connectivity index (χ2v) is 12.1. The molecule has 1 aliphatic rings. The molecule has 2 aromatic rings. The van der Waals surface area contributed by atoms with Gasteiger partial charge in [-0.1, -0.05) is 6.42 Å². The lowest BCUT2D eigenvalue weighted by atomic mass is 10.0. The molecule has 0 radical (unpaired) electrons. The van der Waals surface area contributed by atoms with E-state index in [1.165, 1.54) is 56.8 Å². The molecule has 1 aliphatic carbocycles. The Hall–Kier alpha value is -3.46. The van der Waals surface area contributed by atoms with E-state index in [4.69, 9.17) is 10.1 Å². The van der Waals surface area contributed by atoms with Gasteiger partial charge in [-0.15, -0.1) is 11.8 Å². The quantitative estimate of drug-likeness (QED) is 0.251. The van der Waals surface area contributed by atoms with Gasteiger partial charge in [0.25, 0.3) is 0 Å². The summed E-state index contributed by atoms with van der Waals surface area (Å²) in [6.07, 6.45) is -8.04. The second kappa shape index (κ2) is 13.5. The molecule has 1 heterocycles. The molecule has 2 unspecified atom stereocenters. The smallest absolute Gasteiger partial charge is 0.433 e. The third-order valence-electron chi connectivity index (χ3n) is 6.24. The highest BCUT2D eigenvalue weighted by Crippen LogP contribution is 2.40. The SMILES string of the molecule is CC(C)(C)OC(=O)N(CC(=C[NH2+]c1ccc(C(F)(F)F)nc1)C(=N)C(F)(F)F)C(=O)C1CCCC1Sc1ccc(F)cc1. The van der Waals surface area contributed by atoms with Crippen molar-refractivity contribution >= 4 is 35.2 Å². The van der Waals surface area contributed by atoms with Gasteiger partial charge in [0.05, 0.1) is 24.2 Å². The molecule has 2 amide bonds. The molecule has 0 bridgehead atoms. The molecule has 7 nitrogen and oxygen atoms in total. The summed E-state index contributed by atoms with van der Waals surface area (Å²) in [5.74, 6) is -2.05. The number of carbonyl (C=O) groups is 2. The average Bonchev–Trinajstić information content (AvgIpc) is 3.35. The fraction of sp³-hybridized carbons (Fsp3) is 0.429. The molecule has 2 atom stereocenters. The first-order chi connectivity index (χ1) is 19.8. The van der Waals surface area contributed by atoms with Crippen LogP contribution in [-0.4, -0.2) is 51.2 Å². The van der Waals surface area contributed by atoms with Gasteiger partial charge in [-0.2, -0.15) is 26.3 Å². The number of hydrogen-bond acceptors (Lipinski definition) is 6. The summed E-state index contributed by atoms with van der Waals surface area (Å²) < 4.78 is 98.3. The number of carbonyl (C=O) groups excluding carboxylic acids is 2. The molecule has 3 N–H and O–H groups in total. The molecule has 0 saturated heterocycles. The van der Waals surface area contributed by atoms with E-state index in [-0.39, 0.29) is 10.9 Å². The zero-order valence-corrected chi connectivity index (χ0v) is 24.2. The number of imide groups is 1. The lowest BCUT2D eigenvalue weighted by Gasteiger charge is -2.30. The van der Waals surface area contributed by atoms with Gasteiger partial charge in [0.15, 0.2) is 5.69 Å². The average molecular weight is 636 g/mol. The highest BCUT2D eigenvalue weighted by atomic mass is 32.2. The van der Waals surface area contributed by atoms with Crippen molar-refractivity contribution in [3.8, 4) is 0 Å². The second-order valence-electron chi connectivity index (χ2n) is 10.8. The molecule has 0 aliphatic heterocycles. The van der Waals surface area contributed by atoms with Crippen molar-refractivity contribution in [2.24, 2.45) is 5.92 Å². The van der Waals surface area contributed by atoms with Gasteiger partial charge >= 0.3 is 18.4 Å². The zero-order chi connectivity index (χ0) is 32.2. The molecule has 1 aromatic heterocycles. The third kappa shape index (κ3) is 9.78. The Morgan fingerprint density at radius 1 is 1.07 bits per heavy atom. The predicted molar refractivity (Wildman–Crippen MR) is 144 cm³/mol. The normalized spacial score (nSPS) is 18.0. The van der Waals surface area contributed by atoms with Gasteiger partial charge in [-0.05, 0) is 63.9 Å². The van der Waals surface area contributed by atoms with Crippen LogP contribution in [0.4, 0.5) is 41.2 Å². The Morgan fingerprint density at radius 2 is 1.72 bits per heavy atom. The maximum Gasteiger partial charge on any atom is 0.433 e. The molecule has 1 aromatic carbocycles. The van der Waals surface area contributed by atoms with E-state index in [0.29, 0.717) is 35.1 Å². The molecular formula is C28H30F7N4O3S+. The Balaban J connectivity index is 1.93. The van der Waals surface area contributed by atoms with Crippen LogP contribution in [0.15, 0.2) is 59.3 Å². The van der Waals surface area contributed by atoms with Crippen LogP contribution in [0.25, 0.3) is 0 Å². The summed E-state index contributed by atoms with van der Waals surface area (Å²) in [6, 6.07) is 7.19. The van der Waals surface area contributed by atoms with E-state index < -0.39 is 65.2 Å². The van der Waals surface area contributed by atoms with Crippen LogP contribution in [0, 0.1) is 17.1 Å². The van der Waals surface area contributed by atoms with Crippen LogP contribution in [-0.2, 0) is 15.7 Å². The maximum atomic E-state index is 13.8. The highest BCUT2D eigenvalue weighted by molar-refractivity contribution is 8.00. The van der Waals surface area contributed by atoms with Crippen molar-refractivity contribution in [2.45, 2.75) is 68.1 Å². The molecule has 234 valence electrons. The number of thioether (sulfide) groups is 1. The fourth-order valence-electron chi connectivity index (χ4n) is 4.22. The van der Waals surface area contributed by atoms with Crippen molar-refractivity contribution < 1.29 is 50.4 Å². The van der Waals surface area contributed by atoms with Crippen LogP contribution in [0.2, 0.25) is 0 Å². The molecule has 43 heavy (non-hydrogen) atoms. The zero-order valence-electron chi connectivity index (χ0n) is 23.4. The van der Waals surface area contributed by atoms with E-state index in [0.717, 1.165) is 23.8 Å². The van der Waals surface area contributed by atoms with Crippen LogP contribution in [0.5, 0.6) is 0 Å². The monoisotopic (exact) mass is 635 g/mol. The number of alkyl halides is 6. The summed E-state index contributed by atoms with van der Waals surface area (Å²) in [5, 5.41) is 8.38. The molecule has 15 heteroatoms. The van der Waals surface area contributed by atoms with E-state index in [2.05, 4.69) is 4.98 Å². The Morgan fingerprint density at radius 3 is 2.26 bits per heavy atom. The van der Waals surface area contributed by atoms with E-state index in [9.17, 15) is 40.3 Å². The lowest BCUT2D eigenvalue weighted by molar-refractivity contribution is -0.497. The topological polar surface area (TPSA) is 100.0 Å². The third-order valence-corrected chi connectivity index (χ3v) is 7.65. The summed E-state index contributed by atoms with van der Waals surface area (Å²) in [4.78, 5) is 31.4. The number of nitrogens with zero attached hydrogens (tertiary/aromatic N) is 2. The number of quaternary nitrogens is 1. The molecule has 3 rings (SSSR count). The van der Waals surface area contributed by atoms with Crippen LogP contribution in [0.1, 0.15) is 45.7 Å². The first-order valence-corrected chi connectivity index (χ1v) is 13.9. The van der Waals surface area contributed by atoms with Crippen molar-refractivity contribution in [3.05, 3.63) is 65.9 Å². The van der Waals surface area contributed by atoms with Gasteiger partial charge < -0.3 is 4.74 Å². The minimum absolute atomic E-state index is 0.0119. The first kappa shape index (κ1) is 34.0. The number of ether oxygens (including phenoxy) is 1.